The van der Waals surface area contributed by atoms with E-state index in [0.717, 1.165) is 20.9 Å². The summed E-state index contributed by atoms with van der Waals surface area (Å²) in [6.07, 6.45) is 0. The number of para-hydroxylation sites is 1. The summed E-state index contributed by atoms with van der Waals surface area (Å²) < 4.78 is 4.16. The number of fused-ring (bicyclic) bond motifs is 1. The van der Waals surface area contributed by atoms with Gasteiger partial charge in [-0.1, -0.05) is 6.07 Å². The molecule has 0 aliphatic carbocycles. The highest BCUT2D eigenvalue weighted by molar-refractivity contribution is 9.10. The monoisotopic (exact) mass is 242 g/mol. The molecule has 12 heavy (non-hydrogen) atoms. The summed E-state index contributed by atoms with van der Waals surface area (Å²) in [4.78, 5) is 5.55. The maximum absolute atomic E-state index is 4.38. The number of nitrogens with one attached hydrogen (secondary N) is 1. The highest BCUT2D eigenvalue weighted by Gasteiger charge is 2.11. The van der Waals surface area contributed by atoms with Crippen molar-refractivity contribution >= 4 is 39.4 Å². The van der Waals surface area contributed by atoms with Gasteiger partial charge in [-0.05, 0) is 46.9 Å². The van der Waals surface area contributed by atoms with E-state index >= 15 is 0 Å². The van der Waals surface area contributed by atoms with E-state index < -0.39 is 0 Å². The number of rotatable bonds is 0. The van der Waals surface area contributed by atoms with Crippen molar-refractivity contribution in [1.29, 1.82) is 0 Å². The molecule has 4 heteroatoms. The highest BCUT2D eigenvalue weighted by atomic mass is 79.9. The van der Waals surface area contributed by atoms with Gasteiger partial charge in [0.2, 0.25) is 0 Å². The second kappa shape index (κ2) is 3.11. The maximum atomic E-state index is 4.38. The molecule has 0 saturated heterocycles. The van der Waals surface area contributed by atoms with Crippen molar-refractivity contribution in [3.05, 3.63) is 22.7 Å². The lowest BCUT2D eigenvalue weighted by atomic mass is 10.3. The van der Waals surface area contributed by atoms with Crippen LogP contribution in [0.3, 0.4) is 0 Å². The van der Waals surface area contributed by atoms with Crippen molar-refractivity contribution in [2.24, 2.45) is 4.99 Å². The van der Waals surface area contributed by atoms with Crippen LogP contribution in [0.15, 0.2) is 32.6 Å². The molecule has 1 aromatic rings. The van der Waals surface area contributed by atoms with Crippen molar-refractivity contribution in [1.82, 2.24) is 4.72 Å². The summed E-state index contributed by atoms with van der Waals surface area (Å²) in [7, 11) is 0. The van der Waals surface area contributed by atoms with Crippen LogP contribution in [0.1, 0.15) is 6.92 Å². The molecule has 0 bridgehead atoms. The lowest BCUT2D eigenvalue weighted by Gasteiger charge is -2.14. The van der Waals surface area contributed by atoms with Gasteiger partial charge in [0.15, 0.2) is 0 Å². The van der Waals surface area contributed by atoms with Crippen LogP contribution in [0, 0.1) is 0 Å². The molecule has 62 valence electrons. The topological polar surface area (TPSA) is 24.4 Å². The molecule has 0 saturated carbocycles. The van der Waals surface area contributed by atoms with Gasteiger partial charge < -0.3 is 4.72 Å². The van der Waals surface area contributed by atoms with Crippen molar-refractivity contribution in [2.45, 2.75) is 11.8 Å². The summed E-state index contributed by atoms with van der Waals surface area (Å²) in [6.45, 7) is 1.95. The zero-order chi connectivity index (χ0) is 8.55. The number of benzene rings is 1. The molecule has 1 N–H and O–H groups in total. The first-order valence-electron chi connectivity index (χ1n) is 3.54. The Morgan fingerprint density at radius 2 is 2.33 bits per heavy atom. The minimum Gasteiger partial charge on any atom is -0.314 e. The molecule has 0 atom stereocenters. The second-order valence-electron chi connectivity index (χ2n) is 2.49. The average molecular weight is 243 g/mol. The number of nitrogens with zero attached hydrogens (tertiary/aromatic N) is 1. The van der Waals surface area contributed by atoms with Gasteiger partial charge in [0.05, 0.1) is 10.6 Å². The molecular weight excluding hydrogens is 236 g/mol. The number of amidine groups is 1. The quantitative estimate of drug-likeness (QED) is 0.708. The molecular formula is C8H7BrN2S. The predicted molar refractivity (Wildman–Crippen MR) is 55.9 cm³/mol. The molecule has 2 nitrogen and oxygen atoms in total. The first-order valence-corrected chi connectivity index (χ1v) is 5.15. The van der Waals surface area contributed by atoms with Crippen molar-refractivity contribution < 1.29 is 0 Å². The van der Waals surface area contributed by atoms with Crippen LogP contribution in [0.5, 0.6) is 0 Å². The number of hydrogen-bond donors (Lipinski definition) is 1. The van der Waals surface area contributed by atoms with Crippen molar-refractivity contribution in [3.8, 4) is 0 Å². The normalized spacial score (nSPS) is 14.7. The lowest BCUT2D eigenvalue weighted by molar-refractivity contribution is 1.26. The van der Waals surface area contributed by atoms with E-state index in [0.29, 0.717) is 0 Å². The van der Waals surface area contributed by atoms with E-state index in [2.05, 4.69) is 25.6 Å². The number of aliphatic imine (C=N–C) groups is 1. The minimum atomic E-state index is 0.944. The van der Waals surface area contributed by atoms with Gasteiger partial charge >= 0.3 is 0 Å². The molecule has 0 aromatic heterocycles. The molecule has 1 aliphatic rings. The Kier molecular flexibility index (Phi) is 2.11. The fraction of sp³-hybridized carbons (Fsp3) is 0.125. The summed E-state index contributed by atoms with van der Waals surface area (Å²) in [5.41, 5.74) is 1.03. The molecule has 1 aliphatic heterocycles. The molecule has 0 unspecified atom stereocenters. The average Bonchev–Trinajstić information content (AvgIpc) is 2.07. The summed E-state index contributed by atoms with van der Waals surface area (Å²) in [5.74, 6) is 0.944. The van der Waals surface area contributed by atoms with E-state index in [1.165, 1.54) is 0 Å². The Morgan fingerprint density at radius 1 is 1.50 bits per heavy atom. The van der Waals surface area contributed by atoms with Crippen LogP contribution in [0.2, 0.25) is 0 Å². The largest absolute Gasteiger partial charge is 0.314 e. The van der Waals surface area contributed by atoms with E-state index in [1.54, 1.807) is 11.9 Å². The zero-order valence-electron chi connectivity index (χ0n) is 6.47. The first kappa shape index (κ1) is 8.13. The molecule has 2 rings (SSSR count). The van der Waals surface area contributed by atoms with Crippen LogP contribution in [0.25, 0.3) is 0 Å². The summed E-state index contributed by atoms with van der Waals surface area (Å²) in [5, 5.41) is 0. The Morgan fingerprint density at radius 3 is 3.17 bits per heavy atom. The van der Waals surface area contributed by atoms with Gasteiger partial charge in [0.1, 0.15) is 5.84 Å². The fourth-order valence-electron chi connectivity index (χ4n) is 1.01. The zero-order valence-corrected chi connectivity index (χ0v) is 8.87. The predicted octanol–water partition coefficient (Wildman–Crippen LogP) is 3.11. The van der Waals surface area contributed by atoms with Gasteiger partial charge in [-0.2, -0.15) is 0 Å². The minimum absolute atomic E-state index is 0.944. The molecule has 1 aromatic carbocycles. The van der Waals surface area contributed by atoms with E-state index in [9.17, 15) is 0 Å². The van der Waals surface area contributed by atoms with Crippen LogP contribution in [-0.4, -0.2) is 5.84 Å². The van der Waals surface area contributed by atoms with E-state index in [-0.39, 0.29) is 0 Å². The van der Waals surface area contributed by atoms with Crippen LogP contribution in [0.4, 0.5) is 5.69 Å². The van der Waals surface area contributed by atoms with Crippen LogP contribution in [-0.2, 0) is 0 Å². The van der Waals surface area contributed by atoms with Gasteiger partial charge in [-0.15, -0.1) is 0 Å². The van der Waals surface area contributed by atoms with Gasteiger partial charge in [0, 0.05) is 4.47 Å². The Labute approximate surface area is 83.7 Å². The van der Waals surface area contributed by atoms with E-state index in [1.807, 2.05) is 25.1 Å². The summed E-state index contributed by atoms with van der Waals surface area (Å²) >= 11 is 5.06. The summed E-state index contributed by atoms with van der Waals surface area (Å²) in [6, 6.07) is 6.06. The van der Waals surface area contributed by atoms with Crippen LogP contribution < -0.4 is 4.72 Å². The first-order chi connectivity index (χ1) is 5.77. The SMILES string of the molecule is CC1=Nc2c(Br)cccc2SN1. The Balaban J connectivity index is 2.59. The third kappa shape index (κ3) is 1.36. The lowest BCUT2D eigenvalue weighted by Crippen LogP contribution is -2.13. The third-order valence-electron chi connectivity index (χ3n) is 1.54. The Bertz CT molecular complexity index is 349. The van der Waals surface area contributed by atoms with Gasteiger partial charge in [-0.3, -0.25) is 0 Å². The molecule has 0 amide bonds. The fourth-order valence-corrected chi connectivity index (χ4v) is 2.29. The third-order valence-corrected chi connectivity index (χ3v) is 3.12. The molecule has 1 heterocycles. The highest BCUT2D eigenvalue weighted by Crippen LogP contribution is 2.37. The van der Waals surface area contributed by atoms with E-state index in [4.69, 9.17) is 0 Å². The Hall–Kier alpha value is -0.480. The van der Waals surface area contributed by atoms with Gasteiger partial charge in [-0.25, -0.2) is 4.99 Å². The van der Waals surface area contributed by atoms with Gasteiger partial charge in [0.25, 0.3) is 0 Å². The molecule has 0 spiro atoms. The molecule has 0 fully saturated rings. The second-order valence-corrected chi connectivity index (χ2v) is 4.19. The maximum Gasteiger partial charge on any atom is 0.109 e. The standard InChI is InChI=1S/C8H7BrN2S/c1-5-10-8-6(9)3-2-4-7(8)12-11-5/h2-4H,1H3,(H,10,11). The van der Waals surface area contributed by atoms with Crippen molar-refractivity contribution in [3.63, 3.8) is 0 Å². The smallest absolute Gasteiger partial charge is 0.109 e. The number of halogens is 1. The van der Waals surface area contributed by atoms with Crippen molar-refractivity contribution in [2.75, 3.05) is 0 Å². The number of hydrogen-bond acceptors (Lipinski definition) is 3. The molecule has 0 radical (unpaired) electrons. The van der Waals surface area contributed by atoms with Crippen LogP contribution >= 0.6 is 27.9 Å².